The number of ether oxygens (including phenoxy) is 1. The first-order valence-electron chi connectivity index (χ1n) is 6.60. The maximum atomic E-state index is 5.94. The smallest absolute Gasteiger partial charge is 0.145 e. The molecule has 94 valence electrons. The van der Waals surface area contributed by atoms with Crippen LogP contribution in [0.5, 0.6) is 5.75 Å². The summed E-state index contributed by atoms with van der Waals surface area (Å²) in [4.78, 5) is 4.37. The van der Waals surface area contributed by atoms with Crippen LogP contribution in [0, 0.1) is 5.92 Å². The molecular weight excluding hydrogens is 224 g/mol. The van der Waals surface area contributed by atoms with E-state index in [1.54, 1.807) is 6.20 Å². The van der Waals surface area contributed by atoms with Crippen LogP contribution in [0.4, 0.5) is 5.69 Å². The number of benzene rings is 1. The van der Waals surface area contributed by atoms with E-state index in [1.165, 1.54) is 19.3 Å². The molecule has 3 rings (SSSR count). The molecule has 1 aliphatic carbocycles. The molecule has 1 aromatic carbocycles. The van der Waals surface area contributed by atoms with Crippen LogP contribution in [-0.4, -0.2) is 11.6 Å². The van der Waals surface area contributed by atoms with Crippen molar-refractivity contribution >= 4 is 16.6 Å². The van der Waals surface area contributed by atoms with E-state index >= 15 is 0 Å². The summed E-state index contributed by atoms with van der Waals surface area (Å²) in [6.07, 6.45) is 7.05. The molecule has 3 nitrogen and oxygen atoms in total. The molecule has 18 heavy (non-hydrogen) atoms. The van der Waals surface area contributed by atoms with Crippen molar-refractivity contribution < 1.29 is 4.74 Å². The van der Waals surface area contributed by atoms with E-state index in [-0.39, 0.29) is 0 Å². The predicted octanol–water partition coefficient (Wildman–Crippen LogP) is 3.39. The molecule has 0 amide bonds. The highest BCUT2D eigenvalue weighted by Gasteiger charge is 2.17. The number of aromatic nitrogens is 1. The van der Waals surface area contributed by atoms with Crippen LogP contribution in [0.25, 0.3) is 10.9 Å². The topological polar surface area (TPSA) is 48.1 Å². The van der Waals surface area contributed by atoms with Gasteiger partial charge < -0.3 is 10.5 Å². The molecule has 0 spiro atoms. The van der Waals surface area contributed by atoms with E-state index < -0.39 is 0 Å². The number of hydrogen-bond acceptors (Lipinski definition) is 3. The third-order valence-corrected chi connectivity index (χ3v) is 3.77. The summed E-state index contributed by atoms with van der Waals surface area (Å²) in [5.41, 5.74) is 7.56. The minimum atomic E-state index is 0.754. The Morgan fingerprint density at radius 2 is 2.17 bits per heavy atom. The third-order valence-electron chi connectivity index (χ3n) is 3.77. The van der Waals surface area contributed by atoms with Crippen molar-refractivity contribution in [2.24, 2.45) is 5.92 Å². The van der Waals surface area contributed by atoms with Crippen LogP contribution in [0.1, 0.15) is 25.7 Å². The van der Waals surface area contributed by atoms with Gasteiger partial charge >= 0.3 is 0 Å². The van der Waals surface area contributed by atoms with E-state index in [9.17, 15) is 0 Å². The molecular formula is C15H18N2O. The zero-order valence-corrected chi connectivity index (χ0v) is 10.4. The molecule has 1 saturated carbocycles. The van der Waals surface area contributed by atoms with Gasteiger partial charge in [-0.3, -0.25) is 4.98 Å². The second-order valence-electron chi connectivity index (χ2n) is 4.99. The van der Waals surface area contributed by atoms with Crippen molar-refractivity contribution in [2.45, 2.75) is 25.7 Å². The van der Waals surface area contributed by atoms with Gasteiger partial charge in [-0.15, -0.1) is 0 Å². The largest absolute Gasteiger partial charge is 0.491 e. The van der Waals surface area contributed by atoms with E-state index in [4.69, 9.17) is 10.5 Å². The van der Waals surface area contributed by atoms with Crippen molar-refractivity contribution in [3.63, 3.8) is 0 Å². The molecule has 1 heterocycles. The highest BCUT2D eigenvalue weighted by atomic mass is 16.5. The number of nitrogens with zero attached hydrogens (tertiary/aromatic N) is 1. The Hall–Kier alpha value is -1.77. The van der Waals surface area contributed by atoms with E-state index in [0.717, 1.165) is 41.3 Å². The Kier molecular flexibility index (Phi) is 3.05. The summed E-state index contributed by atoms with van der Waals surface area (Å²) in [5.74, 6) is 1.72. The number of nitrogens with two attached hydrogens (primary N) is 1. The van der Waals surface area contributed by atoms with Gasteiger partial charge in [-0.1, -0.05) is 19.3 Å². The lowest BCUT2D eigenvalue weighted by Gasteiger charge is -2.25. The molecule has 0 bridgehead atoms. The van der Waals surface area contributed by atoms with Gasteiger partial charge in [0.1, 0.15) is 11.3 Å². The Balaban J connectivity index is 1.76. The zero-order valence-electron chi connectivity index (χ0n) is 10.4. The van der Waals surface area contributed by atoms with Gasteiger partial charge in [0.25, 0.3) is 0 Å². The van der Waals surface area contributed by atoms with Gasteiger partial charge in [-0.25, -0.2) is 0 Å². The average Bonchev–Trinajstić information content (AvgIpc) is 2.35. The standard InChI is InChI=1S/C15H18N2O/c16-13-6-7-14(15-12(13)5-2-9-17-15)18-10-8-11-3-1-4-11/h2,5-7,9,11H,1,3-4,8,10,16H2. The quantitative estimate of drug-likeness (QED) is 0.836. The second kappa shape index (κ2) is 4.84. The van der Waals surface area contributed by atoms with E-state index in [0.29, 0.717) is 0 Å². The van der Waals surface area contributed by atoms with Gasteiger partial charge in [0.2, 0.25) is 0 Å². The number of anilines is 1. The first-order chi connectivity index (χ1) is 8.84. The Morgan fingerprint density at radius 1 is 1.28 bits per heavy atom. The average molecular weight is 242 g/mol. The second-order valence-corrected chi connectivity index (χ2v) is 4.99. The van der Waals surface area contributed by atoms with Crippen LogP contribution in [-0.2, 0) is 0 Å². The minimum absolute atomic E-state index is 0.754. The molecule has 2 N–H and O–H groups in total. The fourth-order valence-electron chi connectivity index (χ4n) is 2.40. The SMILES string of the molecule is Nc1ccc(OCCC2CCC2)c2ncccc12. The first-order valence-corrected chi connectivity index (χ1v) is 6.60. The molecule has 2 aromatic rings. The van der Waals surface area contributed by atoms with Crippen LogP contribution >= 0.6 is 0 Å². The Labute approximate surface area is 107 Å². The Morgan fingerprint density at radius 3 is 2.94 bits per heavy atom. The summed E-state index contributed by atoms with van der Waals surface area (Å²) in [5, 5.41) is 0.971. The number of hydrogen-bond donors (Lipinski definition) is 1. The summed E-state index contributed by atoms with van der Waals surface area (Å²) in [7, 11) is 0. The zero-order chi connectivity index (χ0) is 12.4. The Bertz CT molecular complexity index is 549. The van der Waals surface area contributed by atoms with Crippen molar-refractivity contribution in [1.29, 1.82) is 0 Å². The van der Waals surface area contributed by atoms with Crippen LogP contribution in [0.15, 0.2) is 30.5 Å². The number of rotatable bonds is 4. The minimum Gasteiger partial charge on any atom is -0.491 e. The fraction of sp³-hybridized carbons (Fsp3) is 0.400. The maximum absolute atomic E-state index is 5.94. The van der Waals surface area contributed by atoms with Gasteiger partial charge in [0, 0.05) is 17.3 Å². The van der Waals surface area contributed by atoms with Crippen molar-refractivity contribution in [3.05, 3.63) is 30.5 Å². The number of pyridine rings is 1. The molecule has 3 heteroatoms. The van der Waals surface area contributed by atoms with Crippen LogP contribution in [0.3, 0.4) is 0 Å². The molecule has 0 unspecified atom stereocenters. The van der Waals surface area contributed by atoms with Crippen molar-refractivity contribution in [2.75, 3.05) is 12.3 Å². The lowest BCUT2D eigenvalue weighted by atomic mass is 9.83. The summed E-state index contributed by atoms with van der Waals surface area (Å²) in [6.45, 7) is 0.778. The van der Waals surface area contributed by atoms with E-state index in [1.807, 2.05) is 24.3 Å². The van der Waals surface area contributed by atoms with Crippen molar-refractivity contribution in [1.82, 2.24) is 4.98 Å². The molecule has 0 saturated heterocycles. The van der Waals surface area contributed by atoms with Crippen LogP contribution < -0.4 is 10.5 Å². The lowest BCUT2D eigenvalue weighted by Crippen LogP contribution is -2.14. The predicted molar refractivity (Wildman–Crippen MR) is 73.6 cm³/mol. The van der Waals surface area contributed by atoms with Gasteiger partial charge in [0.15, 0.2) is 0 Å². The summed E-state index contributed by atoms with van der Waals surface area (Å²) >= 11 is 0. The van der Waals surface area contributed by atoms with Gasteiger partial charge in [-0.2, -0.15) is 0 Å². The fourth-order valence-corrected chi connectivity index (χ4v) is 2.40. The highest BCUT2D eigenvalue weighted by molar-refractivity contribution is 5.94. The summed E-state index contributed by atoms with van der Waals surface area (Å²) in [6, 6.07) is 7.70. The monoisotopic (exact) mass is 242 g/mol. The third kappa shape index (κ3) is 2.13. The van der Waals surface area contributed by atoms with Crippen LogP contribution in [0.2, 0.25) is 0 Å². The molecule has 1 aliphatic rings. The van der Waals surface area contributed by atoms with Gasteiger partial charge in [0.05, 0.1) is 6.61 Å². The first kappa shape index (κ1) is 11.3. The van der Waals surface area contributed by atoms with Crippen molar-refractivity contribution in [3.8, 4) is 5.75 Å². The van der Waals surface area contributed by atoms with Gasteiger partial charge in [-0.05, 0) is 36.6 Å². The molecule has 1 fully saturated rings. The highest BCUT2D eigenvalue weighted by Crippen LogP contribution is 2.31. The molecule has 0 atom stereocenters. The molecule has 0 radical (unpaired) electrons. The number of fused-ring (bicyclic) bond motifs is 1. The van der Waals surface area contributed by atoms with E-state index in [2.05, 4.69) is 4.98 Å². The number of nitrogen functional groups attached to an aromatic ring is 1. The lowest BCUT2D eigenvalue weighted by molar-refractivity contribution is 0.223. The molecule has 0 aliphatic heterocycles. The summed E-state index contributed by atoms with van der Waals surface area (Å²) < 4.78 is 5.86. The molecule has 1 aromatic heterocycles. The normalized spacial score (nSPS) is 15.6. The maximum Gasteiger partial charge on any atom is 0.145 e.